The number of ether oxygens (including phenoxy) is 3. The maximum Gasteiger partial charge on any atom is 0.191 e. The van der Waals surface area contributed by atoms with Crippen molar-refractivity contribution in [1.82, 2.24) is 14.8 Å². The van der Waals surface area contributed by atoms with Crippen molar-refractivity contribution in [3.63, 3.8) is 0 Å². The molecule has 0 spiro atoms. The molecule has 1 heterocycles. The van der Waals surface area contributed by atoms with Crippen LogP contribution in [0, 0.1) is 0 Å². The van der Waals surface area contributed by atoms with Crippen LogP contribution in [-0.4, -0.2) is 47.4 Å². The van der Waals surface area contributed by atoms with Crippen LogP contribution in [0.1, 0.15) is 52.0 Å². The third-order valence-corrected chi connectivity index (χ3v) is 5.92. The second-order valence-corrected chi connectivity index (χ2v) is 8.37. The first-order chi connectivity index (χ1) is 13.6. The number of thioether (sulfide) groups is 1. The summed E-state index contributed by atoms with van der Waals surface area (Å²) >= 11 is 1.72. The van der Waals surface area contributed by atoms with E-state index in [2.05, 4.69) is 28.6 Å². The molecule has 0 atom stereocenters. The third-order valence-electron chi connectivity index (χ3n) is 5.01. The summed E-state index contributed by atoms with van der Waals surface area (Å²) in [6, 6.07) is 6.39. The third kappa shape index (κ3) is 5.00. The molecule has 0 saturated heterocycles. The van der Waals surface area contributed by atoms with Gasteiger partial charge in [-0.3, -0.25) is 4.57 Å². The fourth-order valence-corrected chi connectivity index (χ4v) is 4.47. The largest absolute Gasteiger partial charge is 0.493 e. The Morgan fingerprint density at radius 3 is 2.50 bits per heavy atom. The zero-order valence-electron chi connectivity index (χ0n) is 17.3. The van der Waals surface area contributed by atoms with Gasteiger partial charge in [0.2, 0.25) is 0 Å². The molecule has 0 unspecified atom stereocenters. The summed E-state index contributed by atoms with van der Waals surface area (Å²) < 4.78 is 18.9. The van der Waals surface area contributed by atoms with E-state index in [1.54, 1.807) is 26.0 Å². The van der Waals surface area contributed by atoms with Gasteiger partial charge in [-0.15, -0.1) is 10.2 Å². The number of aromatic nitrogens is 3. The average Bonchev–Trinajstić information content (AvgIpc) is 3.15. The van der Waals surface area contributed by atoms with Crippen molar-refractivity contribution in [1.29, 1.82) is 0 Å². The summed E-state index contributed by atoms with van der Waals surface area (Å²) in [5.41, 5.74) is 1.00. The minimum Gasteiger partial charge on any atom is -0.493 e. The van der Waals surface area contributed by atoms with E-state index in [0.717, 1.165) is 28.0 Å². The highest BCUT2D eigenvalue weighted by molar-refractivity contribution is 7.99. The minimum atomic E-state index is 0.249. The number of hydrogen-bond donors (Lipinski definition) is 0. The second kappa shape index (κ2) is 10.2. The van der Waals surface area contributed by atoms with Crippen LogP contribution in [-0.2, 0) is 4.74 Å². The van der Waals surface area contributed by atoms with E-state index in [0.29, 0.717) is 18.4 Å². The predicted molar refractivity (Wildman–Crippen MR) is 112 cm³/mol. The highest BCUT2D eigenvalue weighted by atomic mass is 32.2. The van der Waals surface area contributed by atoms with Crippen LogP contribution in [0.2, 0.25) is 0 Å². The topological polar surface area (TPSA) is 58.4 Å². The first kappa shape index (κ1) is 21.0. The highest BCUT2D eigenvalue weighted by Gasteiger charge is 2.24. The van der Waals surface area contributed by atoms with Crippen molar-refractivity contribution < 1.29 is 14.2 Å². The van der Waals surface area contributed by atoms with Gasteiger partial charge in [-0.1, -0.05) is 31.0 Å². The van der Waals surface area contributed by atoms with E-state index < -0.39 is 0 Å². The van der Waals surface area contributed by atoms with Crippen LogP contribution in [0.25, 0.3) is 11.4 Å². The Morgan fingerprint density at radius 1 is 1.07 bits per heavy atom. The van der Waals surface area contributed by atoms with Gasteiger partial charge < -0.3 is 14.2 Å². The Morgan fingerprint density at radius 2 is 1.82 bits per heavy atom. The van der Waals surface area contributed by atoms with Crippen molar-refractivity contribution in [3.05, 3.63) is 18.2 Å². The molecule has 6 nitrogen and oxygen atoms in total. The molecule has 28 heavy (non-hydrogen) atoms. The molecular formula is C21H31N3O3S. The molecule has 1 aliphatic carbocycles. The standard InChI is InChI=1S/C21H31N3O3S/c1-15(2)27-12-13-28-21-23-22-20(24(21)17-8-6-5-7-9-17)16-10-11-18(25-3)19(14-16)26-4/h10-11,14-15,17H,5-9,12-13H2,1-4H3. The Hall–Kier alpha value is -1.73. The van der Waals surface area contributed by atoms with Gasteiger partial charge in [0.15, 0.2) is 22.5 Å². The zero-order chi connectivity index (χ0) is 19.9. The van der Waals surface area contributed by atoms with Crippen molar-refractivity contribution in [2.45, 2.75) is 63.3 Å². The van der Waals surface area contributed by atoms with Crippen LogP contribution in [0.5, 0.6) is 11.5 Å². The number of hydrogen-bond acceptors (Lipinski definition) is 6. The summed E-state index contributed by atoms with van der Waals surface area (Å²) in [6.45, 7) is 4.83. The molecule has 1 aliphatic rings. The van der Waals surface area contributed by atoms with Gasteiger partial charge in [0.25, 0.3) is 0 Å². The second-order valence-electron chi connectivity index (χ2n) is 7.31. The van der Waals surface area contributed by atoms with E-state index in [1.165, 1.54) is 32.1 Å². The molecular weight excluding hydrogens is 374 g/mol. The SMILES string of the molecule is COc1ccc(-c2nnc(SCCOC(C)C)n2C2CCCCC2)cc1OC. The summed E-state index contributed by atoms with van der Waals surface area (Å²) in [5, 5.41) is 10.1. The van der Waals surface area contributed by atoms with Crippen molar-refractivity contribution in [2.24, 2.45) is 0 Å². The van der Waals surface area contributed by atoms with Crippen LogP contribution >= 0.6 is 11.8 Å². The molecule has 154 valence electrons. The number of nitrogens with zero attached hydrogens (tertiary/aromatic N) is 3. The smallest absolute Gasteiger partial charge is 0.191 e. The Labute approximate surface area is 172 Å². The molecule has 1 aromatic carbocycles. The van der Waals surface area contributed by atoms with Crippen molar-refractivity contribution in [3.8, 4) is 22.9 Å². The summed E-state index contributed by atoms with van der Waals surface area (Å²) in [5.74, 6) is 3.20. The Bertz CT molecular complexity index is 757. The molecule has 2 aromatic rings. The molecule has 1 aromatic heterocycles. The highest BCUT2D eigenvalue weighted by Crippen LogP contribution is 2.38. The van der Waals surface area contributed by atoms with Gasteiger partial charge >= 0.3 is 0 Å². The first-order valence-electron chi connectivity index (χ1n) is 10.1. The lowest BCUT2D eigenvalue weighted by Crippen LogP contribution is -2.15. The van der Waals surface area contributed by atoms with E-state index in [4.69, 9.17) is 14.2 Å². The molecule has 0 bridgehead atoms. The van der Waals surface area contributed by atoms with Crippen molar-refractivity contribution >= 4 is 11.8 Å². The molecule has 7 heteroatoms. The minimum absolute atomic E-state index is 0.249. The van der Waals surface area contributed by atoms with Gasteiger partial charge in [-0.2, -0.15) is 0 Å². The van der Waals surface area contributed by atoms with Crippen molar-refractivity contribution in [2.75, 3.05) is 26.6 Å². The number of methoxy groups -OCH3 is 2. The van der Waals surface area contributed by atoms with Crippen LogP contribution in [0.3, 0.4) is 0 Å². The molecule has 0 amide bonds. The summed E-state index contributed by atoms with van der Waals surface area (Å²) in [7, 11) is 3.31. The maximum absolute atomic E-state index is 5.69. The average molecular weight is 406 g/mol. The van der Waals surface area contributed by atoms with Gasteiger partial charge in [-0.25, -0.2) is 0 Å². The van der Waals surface area contributed by atoms with Gasteiger partial charge in [0, 0.05) is 17.4 Å². The van der Waals surface area contributed by atoms with Gasteiger partial charge in [0.1, 0.15) is 0 Å². The lowest BCUT2D eigenvalue weighted by Gasteiger charge is -2.25. The molecule has 0 aliphatic heterocycles. The van der Waals surface area contributed by atoms with E-state index in [-0.39, 0.29) is 6.10 Å². The lowest BCUT2D eigenvalue weighted by atomic mass is 9.95. The van der Waals surface area contributed by atoms with Crippen LogP contribution in [0.4, 0.5) is 0 Å². The fourth-order valence-electron chi connectivity index (χ4n) is 3.63. The zero-order valence-corrected chi connectivity index (χ0v) is 18.1. The summed E-state index contributed by atoms with van der Waals surface area (Å²) in [6.07, 6.45) is 6.43. The quantitative estimate of drug-likeness (QED) is 0.433. The summed E-state index contributed by atoms with van der Waals surface area (Å²) in [4.78, 5) is 0. The van der Waals surface area contributed by atoms with Gasteiger partial charge in [-0.05, 0) is 44.9 Å². The van der Waals surface area contributed by atoms with Crippen LogP contribution in [0.15, 0.2) is 23.4 Å². The molecule has 0 N–H and O–H groups in total. The monoisotopic (exact) mass is 405 g/mol. The maximum atomic E-state index is 5.69. The molecule has 1 saturated carbocycles. The van der Waals surface area contributed by atoms with E-state index >= 15 is 0 Å². The Kier molecular flexibility index (Phi) is 7.62. The molecule has 3 rings (SSSR count). The number of rotatable bonds is 9. The molecule has 1 fully saturated rings. The predicted octanol–water partition coefficient (Wildman–Crippen LogP) is 4.98. The van der Waals surface area contributed by atoms with E-state index in [1.807, 2.05) is 18.2 Å². The van der Waals surface area contributed by atoms with E-state index in [9.17, 15) is 0 Å². The van der Waals surface area contributed by atoms with Gasteiger partial charge in [0.05, 0.1) is 26.9 Å². The fraction of sp³-hybridized carbons (Fsp3) is 0.619. The number of benzene rings is 1. The van der Waals surface area contributed by atoms with Crippen LogP contribution < -0.4 is 9.47 Å². The Balaban J connectivity index is 1.89. The molecule has 0 radical (unpaired) electrons. The normalized spacial score (nSPS) is 15.2. The lowest BCUT2D eigenvalue weighted by molar-refractivity contribution is 0.0920. The first-order valence-corrected chi connectivity index (χ1v) is 11.0.